The summed E-state index contributed by atoms with van der Waals surface area (Å²) in [7, 11) is 0. The molecule has 0 bridgehead atoms. The number of ether oxygens (including phenoxy) is 2. The molecule has 1 N–H and O–H groups in total. The Kier molecular flexibility index (Phi) is 6.21. The maximum absolute atomic E-state index is 12.4. The van der Waals surface area contributed by atoms with Crippen molar-refractivity contribution < 1.29 is 24.2 Å². The summed E-state index contributed by atoms with van der Waals surface area (Å²) in [4.78, 5) is 24.8. The second-order valence-electron chi connectivity index (χ2n) is 6.91. The lowest BCUT2D eigenvalue weighted by Gasteiger charge is -2.33. The van der Waals surface area contributed by atoms with E-state index in [1.54, 1.807) is 48.5 Å². The second kappa shape index (κ2) is 6.57. The first kappa shape index (κ1) is 18.9. The minimum atomic E-state index is -1.45. The van der Waals surface area contributed by atoms with Gasteiger partial charge in [-0.15, -0.1) is 0 Å². The van der Waals surface area contributed by atoms with Crippen molar-refractivity contribution in [2.45, 2.75) is 72.5 Å². The number of rotatable bonds is 5. The number of carbonyl (C=O) groups is 2. The third kappa shape index (κ3) is 5.49. The molecule has 0 radical (unpaired) electrons. The average Bonchev–Trinajstić information content (AvgIpc) is 2.20. The Balaban J connectivity index is 5.38. The number of carbonyl (C=O) groups excluding carboxylic acids is 2. The summed E-state index contributed by atoms with van der Waals surface area (Å²) in [5.41, 5.74) is -2.85. The zero-order valence-corrected chi connectivity index (χ0v) is 13.7. The molecule has 0 aliphatic rings. The van der Waals surface area contributed by atoms with Crippen LogP contribution in [-0.4, -0.2) is 34.9 Å². The number of aliphatic hydroxyl groups excluding tert-OH is 1. The third-order valence-corrected chi connectivity index (χ3v) is 2.72. The topological polar surface area (TPSA) is 72.8 Å². The van der Waals surface area contributed by atoms with Gasteiger partial charge in [0.1, 0.15) is 11.2 Å². The molecule has 0 atom stereocenters. The summed E-state index contributed by atoms with van der Waals surface area (Å²) in [5, 5.41) is 9.21. The molecule has 0 saturated heterocycles. The van der Waals surface area contributed by atoms with E-state index >= 15 is 0 Å². The Hall–Kier alpha value is -1.10. The average molecular weight is 288 g/mol. The largest absolute Gasteiger partial charge is 0.459 e. The van der Waals surface area contributed by atoms with E-state index in [9.17, 15) is 14.7 Å². The first-order valence-electron chi connectivity index (χ1n) is 6.96. The minimum Gasteiger partial charge on any atom is -0.459 e. The Morgan fingerprint density at radius 1 is 0.900 bits per heavy atom. The van der Waals surface area contributed by atoms with Gasteiger partial charge in [-0.2, -0.15) is 0 Å². The van der Waals surface area contributed by atoms with Crippen molar-refractivity contribution in [3.8, 4) is 0 Å². The maximum Gasteiger partial charge on any atom is 0.324 e. The smallest absolute Gasteiger partial charge is 0.324 e. The highest BCUT2D eigenvalue weighted by Gasteiger charge is 2.49. The standard InChI is InChI=1S/C15H28O5/c1-8-15(9-10-16,11(17)19-13(2,3)4)12(18)20-14(5,6)7/h16H,8-10H2,1-7H3. The van der Waals surface area contributed by atoms with E-state index < -0.39 is 28.6 Å². The van der Waals surface area contributed by atoms with Gasteiger partial charge in [0.05, 0.1) is 0 Å². The molecular formula is C15H28O5. The fraction of sp³-hybridized carbons (Fsp3) is 0.867. The highest BCUT2D eigenvalue weighted by molar-refractivity contribution is 6.00. The van der Waals surface area contributed by atoms with Crippen molar-refractivity contribution in [3.63, 3.8) is 0 Å². The van der Waals surface area contributed by atoms with Crippen molar-refractivity contribution in [3.05, 3.63) is 0 Å². The van der Waals surface area contributed by atoms with E-state index in [1.807, 2.05) is 0 Å². The summed E-state index contributed by atoms with van der Waals surface area (Å²) in [5.74, 6) is -1.29. The van der Waals surface area contributed by atoms with Gasteiger partial charge in [-0.3, -0.25) is 9.59 Å². The van der Waals surface area contributed by atoms with Gasteiger partial charge in [-0.25, -0.2) is 0 Å². The first-order valence-corrected chi connectivity index (χ1v) is 6.96. The molecule has 0 unspecified atom stereocenters. The molecule has 5 heteroatoms. The zero-order chi connectivity index (χ0) is 16.2. The van der Waals surface area contributed by atoms with Gasteiger partial charge in [0.25, 0.3) is 0 Å². The molecule has 0 aliphatic heterocycles. The molecule has 0 aromatic rings. The van der Waals surface area contributed by atoms with Crippen LogP contribution in [0, 0.1) is 5.41 Å². The lowest BCUT2D eigenvalue weighted by Crippen LogP contribution is -2.47. The van der Waals surface area contributed by atoms with Crippen molar-refractivity contribution in [2.24, 2.45) is 5.41 Å². The molecule has 0 saturated carbocycles. The Morgan fingerprint density at radius 2 is 1.25 bits per heavy atom. The maximum atomic E-state index is 12.4. The normalized spacial score (nSPS) is 13.0. The molecule has 118 valence electrons. The lowest BCUT2D eigenvalue weighted by molar-refractivity contribution is -0.187. The van der Waals surface area contributed by atoms with Crippen LogP contribution >= 0.6 is 0 Å². The monoisotopic (exact) mass is 288 g/mol. The minimum absolute atomic E-state index is 0.00662. The molecule has 20 heavy (non-hydrogen) atoms. The molecule has 0 heterocycles. The predicted octanol–water partition coefficient (Wildman–Crippen LogP) is 2.45. The molecule has 5 nitrogen and oxygen atoms in total. The van der Waals surface area contributed by atoms with E-state index in [-0.39, 0.29) is 19.4 Å². The van der Waals surface area contributed by atoms with E-state index in [2.05, 4.69) is 0 Å². The van der Waals surface area contributed by atoms with Crippen LogP contribution in [-0.2, 0) is 19.1 Å². The number of hydrogen-bond acceptors (Lipinski definition) is 5. The molecule has 0 aromatic carbocycles. The summed E-state index contributed by atoms with van der Waals surface area (Å²) < 4.78 is 10.7. The van der Waals surface area contributed by atoms with Crippen molar-refractivity contribution >= 4 is 11.9 Å². The van der Waals surface area contributed by atoms with Gasteiger partial charge in [0, 0.05) is 6.61 Å². The molecular weight excluding hydrogens is 260 g/mol. The van der Waals surface area contributed by atoms with Crippen LogP contribution in [0.3, 0.4) is 0 Å². The highest BCUT2D eigenvalue weighted by Crippen LogP contribution is 2.33. The van der Waals surface area contributed by atoms with E-state index in [1.165, 1.54) is 0 Å². The molecule has 0 rings (SSSR count). The summed E-state index contributed by atoms with van der Waals surface area (Å²) in [6.07, 6.45) is 0.213. The van der Waals surface area contributed by atoms with Crippen LogP contribution in [0.4, 0.5) is 0 Å². The van der Waals surface area contributed by atoms with E-state index in [4.69, 9.17) is 9.47 Å². The van der Waals surface area contributed by atoms with Crippen LogP contribution in [0.2, 0.25) is 0 Å². The summed E-state index contributed by atoms with van der Waals surface area (Å²) >= 11 is 0. The zero-order valence-electron chi connectivity index (χ0n) is 13.7. The van der Waals surface area contributed by atoms with Crippen LogP contribution in [0.1, 0.15) is 61.3 Å². The summed E-state index contributed by atoms with van der Waals surface area (Å²) in [6.45, 7) is 11.8. The van der Waals surface area contributed by atoms with Crippen molar-refractivity contribution in [2.75, 3.05) is 6.61 Å². The SMILES string of the molecule is CCC(CCO)(C(=O)OC(C)(C)C)C(=O)OC(C)(C)C. The van der Waals surface area contributed by atoms with Gasteiger partial charge in [-0.1, -0.05) is 6.92 Å². The van der Waals surface area contributed by atoms with E-state index in [0.29, 0.717) is 0 Å². The van der Waals surface area contributed by atoms with Crippen molar-refractivity contribution in [1.82, 2.24) is 0 Å². The van der Waals surface area contributed by atoms with Gasteiger partial charge < -0.3 is 14.6 Å². The Labute approximate surface area is 121 Å². The lowest BCUT2D eigenvalue weighted by atomic mass is 9.81. The third-order valence-electron chi connectivity index (χ3n) is 2.72. The number of esters is 2. The number of hydrogen-bond donors (Lipinski definition) is 1. The quantitative estimate of drug-likeness (QED) is 0.621. The first-order chi connectivity index (χ1) is 8.88. The van der Waals surface area contributed by atoms with Gasteiger partial charge >= 0.3 is 11.9 Å². The van der Waals surface area contributed by atoms with Gasteiger partial charge in [0.15, 0.2) is 5.41 Å². The van der Waals surface area contributed by atoms with Crippen LogP contribution < -0.4 is 0 Å². The van der Waals surface area contributed by atoms with Crippen LogP contribution in [0.25, 0.3) is 0 Å². The second-order valence-corrected chi connectivity index (χ2v) is 6.91. The van der Waals surface area contributed by atoms with Crippen LogP contribution in [0.5, 0.6) is 0 Å². The molecule has 0 aliphatic carbocycles. The predicted molar refractivity (Wildman–Crippen MR) is 76.1 cm³/mol. The van der Waals surface area contributed by atoms with Crippen LogP contribution in [0.15, 0.2) is 0 Å². The van der Waals surface area contributed by atoms with Crippen molar-refractivity contribution in [1.29, 1.82) is 0 Å². The molecule has 0 spiro atoms. The van der Waals surface area contributed by atoms with E-state index in [0.717, 1.165) is 0 Å². The molecule has 0 aromatic heterocycles. The highest BCUT2D eigenvalue weighted by atomic mass is 16.6. The fourth-order valence-electron chi connectivity index (χ4n) is 1.70. The number of aliphatic hydroxyl groups is 1. The molecule has 0 fully saturated rings. The molecule has 0 amide bonds. The van der Waals surface area contributed by atoms with Gasteiger partial charge in [-0.05, 0) is 54.4 Å². The Bertz CT molecular complexity index is 318. The summed E-state index contributed by atoms with van der Waals surface area (Å²) in [6, 6.07) is 0. The van der Waals surface area contributed by atoms with Gasteiger partial charge in [0.2, 0.25) is 0 Å². The fourth-order valence-corrected chi connectivity index (χ4v) is 1.70. The Morgan fingerprint density at radius 3 is 1.45 bits per heavy atom.